The zero-order chi connectivity index (χ0) is 18.8. The molecule has 1 saturated carbocycles. The molecule has 0 N–H and O–H groups in total. The monoisotopic (exact) mass is 374 g/mol. The molecule has 5 rings (SSSR count). The number of alkyl halides is 3. The fourth-order valence-corrected chi connectivity index (χ4v) is 4.29. The Kier molecular flexibility index (Phi) is 3.41. The van der Waals surface area contributed by atoms with Gasteiger partial charge in [-0.1, -0.05) is 0 Å². The third kappa shape index (κ3) is 2.54. The molecular weight excluding hydrogens is 360 g/mol. The molecule has 1 fully saturated rings. The van der Waals surface area contributed by atoms with Crippen LogP contribution in [-0.2, 0) is 6.18 Å². The zero-order valence-corrected chi connectivity index (χ0v) is 14.0. The lowest BCUT2D eigenvalue weighted by atomic mass is 9.95. The maximum Gasteiger partial charge on any atom is 0.434 e. The van der Waals surface area contributed by atoms with Crippen LogP contribution in [0.5, 0.6) is 0 Å². The molecule has 2 unspecified atom stereocenters. The van der Waals surface area contributed by atoms with Crippen LogP contribution in [0.2, 0.25) is 0 Å². The average molecular weight is 374 g/mol. The minimum Gasteiger partial charge on any atom is -0.228 e. The lowest BCUT2D eigenvalue weighted by Crippen LogP contribution is -2.15. The number of benzene rings is 1. The second-order valence-corrected chi connectivity index (χ2v) is 7.07. The molecule has 3 aromatic rings. The number of hydrogen-bond donors (Lipinski definition) is 0. The van der Waals surface area contributed by atoms with Gasteiger partial charge in [0.15, 0.2) is 5.69 Å². The van der Waals surface area contributed by atoms with E-state index in [1.54, 1.807) is 6.07 Å². The molecule has 0 aliphatic heterocycles. The summed E-state index contributed by atoms with van der Waals surface area (Å²) in [4.78, 5) is 0. The van der Waals surface area contributed by atoms with Crippen molar-refractivity contribution < 1.29 is 17.6 Å². The average Bonchev–Trinajstić information content (AvgIpc) is 3.36. The summed E-state index contributed by atoms with van der Waals surface area (Å²) in [6.45, 7) is 0. The summed E-state index contributed by atoms with van der Waals surface area (Å²) in [5.41, 5.74) is 1.18. The molecule has 2 bridgehead atoms. The van der Waals surface area contributed by atoms with E-state index in [4.69, 9.17) is 0 Å². The molecular formula is C19H14F4N4. The van der Waals surface area contributed by atoms with Crippen molar-refractivity contribution in [1.29, 1.82) is 0 Å². The number of aromatic nitrogens is 4. The zero-order valence-electron chi connectivity index (χ0n) is 14.0. The van der Waals surface area contributed by atoms with E-state index in [0.29, 0.717) is 11.8 Å². The van der Waals surface area contributed by atoms with Crippen molar-refractivity contribution in [3.05, 3.63) is 59.3 Å². The Labute approximate surface area is 151 Å². The van der Waals surface area contributed by atoms with Crippen molar-refractivity contribution in [1.82, 2.24) is 20.0 Å². The van der Waals surface area contributed by atoms with Gasteiger partial charge in [-0.05, 0) is 61.1 Å². The van der Waals surface area contributed by atoms with E-state index in [1.165, 1.54) is 12.1 Å². The minimum absolute atomic E-state index is 0.120. The SMILES string of the molecule is Fc1ccc(-n2ncc(-c3cc4c(nn3)C3CCC4C3)c2C(F)(F)F)cc1. The highest BCUT2D eigenvalue weighted by molar-refractivity contribution is 5.64. The van der Waals surface area contributed by atoms with Crippen LogP contribution in [0.15, 0.2) is 36.5 Å². The molecule has 0 radical (unpaired) electrons. The first-order chi connectivity index (χ1) is 12.9. The standard InChI is InChI=1S/C19H14F4N4/c20-12-3-5-13(6-4-12)27-18(19(21,22)23)15(9-24-27)16-8-14-10-1-2-11(7-10)17(14)26-25-16/h3-6,8-11H,1-2,7H2. The van der Waals surface area contributed by atoms with Gasteiger partial charge in [-0.3, -0.25) is 0 Å². The van der Waals surface area contributed by atoms with Crippen LogP contribution >= 0.6 is 0 Å². The van der Waals surface area contributed by atoms with E-state index in [2.05, 4.69) is 15.3 Å². The quantitative estimate of drug-likeness (QED) is 0.602. The molecule has 2 heterocycles. The predicted octanol–water partition coefficient (Wildman–Crippen LogP) is 4.85. The van der Waals surface area contributed by atoms with Crippen molar-refractivity contribution in [2.75, 3.05) is 0 Å². The number of fused-ring (bicyclic) bond motifs is 5. The van der Waals surface area contributed by atoms with Crippen molar-refractivity contribution in [3.8, 4) is 16.9 Å². The molecule has 138 valence electrons. The summed E-state index contributed by atoms with van der Waals surface area (Å²) >= 11 is 0. The summed E-state index contributed by atoms with van der Waals surface area (Å²) in [5.74, 6) is 0.218. The molecule has 0 saturated heterocycles. The highest BCUT2D eigenvalue weighted by atomic mass is 19.4. The molecule has 2 aromatic heterocycles. The molecule has 0 spiro atoms. The topological polar surface area (TPSA) is 43.6 Å². The van der Waals surface area contributed by atoms with Gasteiger partial charge in [0.2, 0.25) is 0 Å². The van der Waals surface area contributed by atoms with Crippen molar-refractivity contribution in [3.63, 3.8) is 0 Å². The van der Waals surface area contributed by atoms with E-state index in [0.717, 1.165) is 53.5 Å². The largest absolute Gasteiger partial charge is 0.434 e. The number of hydrogen-bond acceptors (Lipinski definition) is 3. The van der Waals surface area contributed by atoms with Crippen LogP contribution in [0.4, 0.5) is 17.6 Å². The summed E-state index contributed by atoms with van der Waals surface area (Å²) in [5, 5.41) is 12.2. The van der Waals surface area contributed by atoms with Gasteiger partial charge in [-0.2, -0.15) is 28.5 Å². The van der Waals surface area contributed by atoms with Crippen molar-refractivity contribution in [2.24, 2.45) is 0 Å². The van der Waals surface area contributed by atoms with E-state index in [1.807, 2.05) is 0 Å². The Hall–Kier alpha value is -2.77. The number of halogens is 4. The molecule has 4 nitrogen and oxygen atoms in total. The Bertz CT molecular complexity index is 1020. The Balaban J connectivity index is 1.65. The van der Waals surface area contributed by atoms with Crippen LogP contribution in [0.1, 0.15) is 48.0 Å². The summed E-state index contributed by atoms with van der Waals surface area (Å²) in [7, 11) is 0. The fourth-order valence-electron chi connectivity index (χ4n) is 4.29. The van der Waals surface area contributed by atoms with Crippen LogP contribution in [0, 0.1) is 5.82 Å². The predicted molar refractivity (Wildman–Crippen MR) is 88.9 cm³/mol. The normalized spacial score (nSPS) is 20.9. The van der Waals surface area contributed by atoms with Gasteiger partial charge >= 0.3 is 6.18 Å². The molecule has 27 heavy (non-hydrogen) atoms. The Morgan fingerprint density at radius 2 is 1.74 bits per heavy atom. The van der Waals surface area contributed by atoms with Gasteiger partial charge in [-0.25, -0.2) is 9.07 Å². The molecule has 2 aliphatic carbocycles. The third-order valence-electron chi connectivity index (χ3n) is 5.50. The molecule has 2 atom stereocenters. The molecule has 0 amide bonds. The molecule has 8 heteroatoms. The van der Waals surface area contributed by atoms with Crippen molar-refractivity contribution >= 4 is 0 Å². The second-order valence-electron chi connectivity index (χ2n) is 7.07. The van der Waals surface area contributed by atoms with Gasteiger partial charge in [0, 0.05) is 5.92 Å². The first-order valence-corrected chi connectivity index (χ1v) is 8.71. The van der Waals surface area contributed by atoms with Crippen molar-refractivity contribution in [2.45, 2.75) is 37.3 Å². The number of nitrogens with zero attached hydrogens (tertiary/aromatic N) is 4. The fraction of sp³-hybridized carbons (Fsp3) is 0.316. The van der Waals surface area contributed by atoms with E-state index in [-0.39, 0.29) is 16.9 Å². The lowest BCUT2D eigenvalue weighted by Gasteiger charge is -2.15. The first-order valence-electron chi connectivity index (χ1n) is 8.71. The summed E-state index contributed by atoms with van der Waals surface area (Å²) in [6.07, 6.45) is -0.379. The van der Waals surface area contributed by atoms with Gasteiger partial charge in [0.05, 0.1) is 28.8 Å². The van der Waals surface area contributed by atoms with E-state index in [9.17, 15) is 17.6 Å². The van der Waals surface area contributed by atoms with Crippen LogP contribution in [0.25, 0.3) is 16.9 Å². The maximum absolute atomic E-state index is 13.8. The smallest absolute Gasteiger partial charge is 0.228 e. The first kappa shape index (κ1) is 16.4. The lowest BCUT2D eigenvalue weighted by molar-refractivity contribution is -0.142. The highest BCUT2D eigenvalue weighted by Gasteiger charge is 2.41. The summed E-state index contributed by atoms with van der Waals surface area (Å²) < 4.78 is 55.4. The van der Waals surface area contributed by atoms with E-state index >= 15 is 0 Å². The van der Waals surface area contributed by atoms with Crippen LogP contribution in [-0.4, -0.2) is 20.0 Å². The van der Waals surface area contributed by atoms with Crippen LogP contribution < -0.4 is 0 Å². The highest BCUT2D eigenvalue weighted by Crippen LogP contribution is 2.52. The van der Waals surface area contributed by atoms with Gasteiger partial charge in [0.1, 0.15) is 5.82 Å². The van der Waals surface area contributed by atoms with Gasteiger partial charge < -0.3 is 0 Å². The van der Waals surface area contributed by atoms with Gasteiger partial charge in [-0.15, -0.1) is 0 Å². The third-order valence-corrected chi connectivity index (χ3v) is 5.50. The van der Waals surface area contributed by atoms with Crippen LogP contribution in [0.3, 0.4) is 0 Å². The second kappa shape index (κ2) is 5.61. The molecule has 1 aromatic carbocycles. The molecule has 2 aliphatic rings. The summed E-state index contributed by atoms with van der Waals surface area (Å²) in [6, 6.07) is 6.45. The Morgan fingerprint density at radius 3 is 2.48 bits per heavy atom. The number of rotatable bonds is 2. The minimum atomic E-state index is -4.65. The van der Waals surface area contributed by atoms with E-state index < -0.39 is 17.7 Å². The maximum atomic E-state index is 13.8. The Morgan fingerprint density at radius 1 is 1.00 bits per heavy atom. The van der Waals surface area contributed by atoms with Gasteiger partial charge in [0.25, 0.3) is 0 Å².